The van der Waals surface area contributed by atoms with E-state index in [1.807, 2.05) is 30.3 Å². The van der Waals surface area contributed by atoms with Gasteiger partial charge in [0.25, 0.3) is 0 Å². The summed E-state index contributed by atoms with van der Waals surface area (Å²) in [6.07, 6.45) is 0.576. The van der Waals surface area contributed by atoms with E-state index in [4.69, 9.17) is 9.47 Å². The van der Waals surface area contributed by atoms with Crippen LogP contribution in [0.5, 0.6) is 11.5 Å². The Morgan fingerprint density at radius 1 is 1.05 bits per heavy atom. The topological polar surface area (TPSA) is 35.5 Å². The molecule has 1 heterocycles. The van der Waals surface area contributed by atoms with Gasteiger partial charge < -0.3 is 0 Å². The number of hydrogen-bond acceptors (Lipinski definition) is 3. The summed E-state index contributed by atoms with van der Waals surface area (Å²) in [6.45, 7) is 0. The molecule has 0 bridgehead atoms. The minimum atomic E-state index is 0.188. The molecule has 0 spiro atoms. The Morgan fingerprint density at radius 2 is 1.71 bits per heavy atom. The third-order valence-corrected chi connectivity index (χ3v) is 6.36. The molecule has 0 N–H and O–H groups in total. The Kier molecular flexibility index (Phi) is 4.00. The summed E-state index contributed by atoms with van der Waals surface area (Å²) in [7, 11) is 3.21. The van der Waals surface area contributed by atoms with Gasteiger partial charge in [-0.15, -0.1) is 0 Å². The molecule has 1 unspecified atom stereocenters. The van der Waals surface area contributed by atoms with E-state index in [-0.39, 0.29) is 20.7 Å². The van der Waals surface area contributed by atoms with Crippen LogP contribution in [0.25, 0.3) is 0 Å². The van der Waals surface area contributed by atoms with Crippen molar-refractivity contribution in [3.05, 3.63) is 53.6 Å². The fourth-order valence-corrected chi connectivity index (χ4v) is 5.25. The van der Waals surface area contributed by atoms with Crippen LogP contribution in [0.3, 0.4) is 0 Å². The Balaban J connectivity index is 2.00. The molecule has 2 aromatic rings. The van der Waals surface area contributed by atoms with Crippen LogP contribution in [-0.2, 0) is 0 Å². The van der Waals surface area contributed by atoms with E-state index in [1.54, 1.807) is 14.2 Å². The van der Waals surface area contributed by atoms with E-state index in [2.05, 4.69) is 12.1 Å². The van der Waals surface area contributed by atoms with Gasteiger partial charge in [-0.1, -0.05) is 0 Å². The second-order valence-electron chi connectivity index (χ2n) is 4.85. The molecule has 4 heteroatoms. The van der Waals surface area contributed by atoms with E-state index >= 15 is 0 Å². The molecule has 3 rings (SSSR count). The van der Waals surface area contributed by atoms with Crippen molar-refractivity contribution in [2.45, 2.75) is 11.2 Å². The summed E-state index contributed by atoms with van der Waals surface area (Å²) in [6, 6.07) is 14.0. The third-order valence-electron chi connectivity index (χ3n) is 3.60. The molecule has 0 aliphatic carbocycles. The van der Waals surface area contributed by atoms with Crippen molar-refractivity contribution in [1.82, 2.24) is 0 Å². The first-order valence-corrected chi connectivity index (χ1v) is 8.58. The number of hydrogen-bond donors (Lipinski definition) is 0. The number of ether oxygens (including phenoxy) is 2. The first-order valence-electron chi connectivity index (χ1n) is 6.73. The van der Waals surface area contributed by atoms with Gasteiger partial charge in [0.15, 0.2) is 0 Å². The second-order valence-corrected chi connectivity index (χ2v) is 7.46. The number of rotatable bonds is 3. The zero-order valence-electron chi connectivity index (χ0n) is 12.0. The zero-order valence-corrected chi connectivity index (χ0v) is 13.7. The predicted molar refractivity (Wildman–Crippen MR) is 83.1 cm³/mol. The molecule has 1 aliphatic heterocycles. The monoisotopic (exact) mass is 348 g/mol. The fourth-order valence-electron chi connectivity index (χ4n) is 2.50. The molecule has 0 saturated carbocycles. The van der Waals surface area contributed by atoms with Crippen LogP contribution in [0.2, 0.25) is 0 Å². The van der Waals surface area contributed by atoms with E-state index in [0.29, 0.717) is 22.7 Å². The van der Waals surface area contributed by atoms with Crippen LogP contribution in [0.15, 0.2) is 42.5 Å². The van der Waals surface area contributed by atoms with Gasteiger partial charge in [-0.05, 0) is 0 Å². The van der Waals surface area contributed by atoms with Gasteiger partial charge in [-0.3, -0.25) is 0 Å². The average Bonchev–Trinajstić information content (AvgIpc) is 2.54. The second kappa shape index (κ2) is 5.92. The normalized spacial score (nSPS) is 17.2. The molecule has 0 amide bonds. The molecular weight excluding hydrogens is 331 g/mol. The molecule has 2 aromatic carbocycles. The van der Waals surface area contributed by atoms with Crippen molar-refractivity contribution in [2.24, 2.45) is 0 Å². The van der Waals surface area contributed by atoms with Gasteiger partial charge >= 0.3 is 130 Å². The van der Waals surface area contributed by atoms with E-state index in [9.17, 15) is 4.79 Å². The first-order chi connectivity index (χ1) is 10.2. The van der Waals surface area contributed by atoms with E-state index in [0.717, 1.165) is 10.0 Å². The van der Waals surface area contributed by atoms with Crippen molar-refractivity contribution in [1.29, 1.82) is 0 Å². The number of methoxy groups -OCH3 is 2. The van der Waals surface area contributed by atoms with Crippen molar-refractivity contribution < 1.29 is 14.3 Å². The summed E-state index contributed by atoms with van der Waals surface area (Å²) in [4.78, 5) is 12.8. The quantitative estimate of drug-likeness (QED) is 0.800. The number of benzene rings is 2. The van der Waals surface area contributed by atoms with Gasteiger partial charge in [0.05, 0.1) is 0 Å². The molecule has 0 radical (unpaired) electrons. The Labute approximate surface area is 130 Å². The summed E-state index contributed by atoms with van der Waals surface area (Å²) >= 11 is 0.212. The summed E-state index contributed by atoms with van der Waals surface area (Å²) in [5.74, 6) is 1.51. The predicted octanol–water partition coefficient (Wildman–Crippen LogP) is 2.36. The van der Waals surface area contributed by atoms with Gasteiger partial charge in [-0.2, -0.15) is 0 Å². The Hall–Kier alpha value is -1.77. The van der Waals surface area contributed by atoms with Gasteiger partial charge in [-0.25, -0.2) is 0 Å². The Bertz CT molecular complexity index is 667. The van der Waals surface area contributed by atoms with Gasteiger partial charge in [0.2, 0.25) is 0 Å². The van der Waals surface area contributed by atoms with Crippen LogP contribution in [0, 0.1) is 0 Å². The molecule has 21 heavy (non-hydrogen) atoms. The standard InChI is InChI=1S/C17H16O3Se/c1-19-14-8-12-13(18)9-16(11-6-4-3-5-7-11)21-17(12)10-15(14)20-2/h3-8,10,16H,9H2,1-2H3. The van der Waals surface area contributed by atoms with Crippen molar-refractivity contribution in [3.8, 4) is 11.5 Å². The molecule has 0 aromatic heterocycles. The van der Waals surface area contributed by atoms with E-state index in [1.165, 1.54) is 5.56 Å². The maximum absolute atomic E-state index is 12.5. The number of carbonyl (C=O) groups is 1. The van der Waals surface area contributed by atoms with Crippen molar-refractivity contribution >= 4 is 25.2 Å². The van der Waals surface area contributed by atoms with Crippen LogP contribution in [0.4, 0.5) is 0 Å². The Morgan fingerprint density at radius 3 is 2.38 bits per heavy atom. The number of fused-ring (bicyclic) bond motifs is 1. The fraction of sp³-hybridized carbons (Fsp3) is 0.235. The van der Waals surface area contributed by atoms with Crippen molar-refractivity contribution in [3.63, 3.8) is 0 Å². The molecule has 0 saturated heterocycles. The van der Waals surface area contributed by atoms with Crippen LogP contribution >= 0.6 is 0 Å². The molecule has 3 nitrogen and oxygen atoms in total. The SMILES string of the molecule is COc1cc2c(cc1OC)C(=O)CC(c1ccccc1)[Se]2. The number of carbonyl (C=O) groups excluding carboxylic acids is 1. The van der Waals surface area contributed by atoms with Gasteiger partial charge in [0.1, 0.15) is 0 Å². The maximum atomic E-state index is 12.5. The van der Waals surface area contributed by atoms with Crippen LogP contribution in [-0.4, -0.2) is 35.0 Å². The zero-order chi connectivity index (χ0) is 14.8. The first kappa shape index (κ1) is 14.2. The number of ketones is 1. The summed E-state index contributed by atoms with van der Waals surface area (Å²) in [5.41, 5.74) is 2.03. The summed E-state index contributed by atoms with van der Waals surface area (Å²) < 4.78 is 11.7. The van der Waals surface area contributed by atoms with Crippen LogP contribution < -0.4 is 13.9 Å². The molecule has 108 valence electrons. The van der Waals surface area contributed by atoms with E-state index < -0.39 is 0 Å². The number of Topliss-reactive ketones (excluding diaryl/α,β-unsaturated/α-hetero) is 1. The molecular formula is C17H16O3Se. The van der Waals surface area contributed by atoms with Crippen molar-refractivity contribution in [2.75, 3.05) is 14.2 Å². The molecule has 1 aliphatic rings. The average molecular weight is 347 g/mol. The summed E-state index contributed by atoms with van der Waals surface area (Å²) in [5, 5.41) is 0. The third kappa shape index (κ3) is 2.69. The molecule has 0 fully saturated rings. The van der Waals surface area contributed by atoms with Crippen LogP contribution in [0.1, 0.15) is 27.2 Å². The minimum absolute atomic E-state index is 0.188. The van der Waals surface area contributed by atoms with Gasteiger partial charge in [0, 0.05) is 0 Å². The molecule has 1 atom stereocenters.